The molecule has 0 bridgehead atoms. The van der Waals surface area contributed by atoms with E-state index >= 15 is 13.2 Å². The lowest BCUT2D eigenvalue weighted by Gasteiger charge is -2.31. The quantitative estimate of drug-likeness (QED) is 0.0893. The summed E-state index contributed by atoms with van der Waals surface area (Å²) in [4.78, 5) is 5.35. The predicted molar refractivity (Wildman–Crippen MR) is 399 cm³/mol. The van der Waals surface area contributed by atoms with Crippen LogP contribution < -0.4 is 14.7 Å². The minimum Gasteiger partial charge on any atom is -0.311 e. The first-order valence-electron chi connectivity index (χ1n) is 34.1. The lowest BCUT2D eigenvalue weighted by atomic mass is 9.96. The molecule has 0 aromatic heterocycles. The molecule has 0 N–H and O–H groups in total. The highest BCUT2D eigenvalue weighted by Gasteiger charge is 2.36. The van der Waals surface area contributed by atoms with Gasteiger partial charge >= 0.3 is 37.1 Å². The first-order chi connectivity index (χ1) is 52.8. The molecule has 0 atom stereocenters. The molecule has 0 aliphatic rings. The summed E-state index contributed by atoms with van der Waals surface area (Å²) >= 11 is 0. The Morgan fingerprint density at radius 1 is 0.144 bits per heavy atom. The van der Waals surface area contributed by atoms with Crippen molar-refractivity contribution in [1.82, 2.24) is 0 Å². The van der Waals surface area contributed by atoms with Gasteiger partial charge in [0.15, 0.2) is 0 Å². The van der Waals surface area contributed by atoms with Crippen molar-refractivity contribution in [3.05, 3.63) is 367 Å². The molecule has 0 saturated heterocycles. The topological polar surface area (TPSA) is 9.72 Å². The molecular formula is C90H55F18N3. The number of rotatable bonds is 16. The summed E-state index contributed by atoms with van der Waals surface area (Å²) in [5.74, 6) is 0. The van der Waals surface area contributed by atoms with E-state index in [0.29, 0.717) is 118 Å². The second-order valence-corrected chi connectivity index (χ2v) is 26.0. The Kier molecular flexibility index (Phi) is 20.0. The van der Waals surface area contributed by atoms with E-state index < -0.39 is 70.4 Å². The van der Waals surface area contributed by atoms with Crippen LogP contribution in [-0.4, -0.2) is 0 Å². The molecule has 0 aliphatic heterocycles. The molecule has 14 aromatic carbocycles. The van der Waals surface area contributed by atoms with Crippen LogP contribution in [0, 0.1) is 0 Å². The average molecular weight is 1520 g/mol. The second-order valence-electron chi connectivity index (χ2n) is 26.0. The first-order valence-corrected chi connectivity index (χ1v) is 34.1. The lowest BCUT2D eigenvalue weighted by molar-refractivity contribution is -0.138. The average Bonchev–Trinajstić information content (AvgIpc) is 0.651. The highest BCUT2D eigenvalue weighted by Crippen LogP contribution is 2.50. The van der Waals surface area contributed by atoms with E-state index in [2.05, 4.69) is 0 Å². The Balaban J connectivity index is 0.871. The van der Waals surface area contributed by atoms with E-state index in [4.69, 9.17) is 0 Å². The third-order valence-corrected chi connectivity index (χ3v) is 18.9. The Morgan fingerprint density at radius 2 is 0.315 bits per heavy atom. The van der Waals surface area contributed by atoms with Gasteiger partial charge in [-0.05, 0) is 231 Å². The monoisotopic (exact) mass is 1520 g/mol. The third kappa shape index (κ3) is 16.5. The highest BCUT2D eigenvalue weighted by atomic mass is 19.4. The van der Waals surface area contributed by atoms with Gasteiger partial charge in [0.2, 0.25) is 0 Å². The second kappa shape index (κ2) is 29.7. The maximum Gasteiger partial charge on any atom is 0.416 e. The van der Waals surface area contributed by atoms with E-state index in [0.717, 1.165) is 72.8 Å². The van der Waals surface area contributed by atoms with E-state index in [1.165, 1.54) is 66.7 Å². The van der Waals surface area contributed by atoms with E-state index in [1.54, 1.807) is 199 Å². The van der Waals surface area contributed by atoms with Crippen LogP contribution in [-0.2, 0) is 37.1 Å². The van der Waals surface area contributed by atoms with E-state index in [9.17, 15) is 65.9 Å². The standard InChI is InChI=1S/C90H55F18N3/c91-85(92,93)68-29-5-56(6-30-68)61-15-40-74(41-16-61)109(75-42-17-62(18-43-75)57-7-31-69(32-8-57)86(94,95)96)78-50-25-66(26-51-78)81-3-1-2-4-83(81)111(80-48-23-65(24-49-80)60-13-37-72(38-14-60)89(103,104)105)84-55-73(90(106,107)108)39-54-82(84)67-27-52-79(53-28-67)110(76-44-19-63(20-45-76)58-9-33-70(34-10-58)87(97,98)99)77-46-21-64(22-47-77)59-11-35-71(36-12-59)88(100,101)102/h1-55H. The van der Waals surface area contributed by atoms with Crippen LogP contribution in [0.2, 0.25) is 0 Å². The largest absolute Gasteiger partial charge is 0.416 e. The third-order valence-electron chi connectivity index (χ3n) is 18.9. The smallest absolute Gasteiger partial charge is 0.311 e. The van der Waals surface area contributed by atoms with Crippen LogP contribution in [0.4, 0.5) is 130 Å². The fourth-order valence-electron chi connectivity index (χ4n) is 13.2. The molecule has 0 radical (unpaired) electrons. The highest BCUT2D eigenvalue weighted by molar-refractivity contribution is 5.95. The fraction of sp³-hybridized carbons (Fsp3) is 0.0667. The molecule has 14 rings (SSSR count). The molecule has 0 heterocycles. The van der Waals surface area contributed by atoms with Crippen LogP contribution in [0.1, 0.15) is 33.4 Å². The number of halogens is 18. The summed E-state index contributed by atoms with van der Waals surface area (Å²) < 4.78 is 251. The lowest BCUT2D eigenvalue weighted by Crippen LogP contribution is -2.15. The maximum atomic E-state index is 15.5. The molecule has 111 heavy (non-hydrogen) atoms. The SMILES string of the molecule is FC(F)(F)c1ccc(-c2ccc(N(c3ccc(-c4ccc(C(F)(F)F)cc4)cc3)c3ccc(-c4ccccc4N(c4ccc(-c5ccc(C(F)(F)F)cc5)cc4)c4cc(C(F)(F)F)ccc4-c4ccc(N(c5ccc(-c6ccc(C(F)(F)F)cc6)cc5)c5ccc(-c6ccc(C(F)(F)F)cc6)cc5)cc4)cc3)cc2)cc1. The number of nitrogens with zero attached hydrogens (tertiary/aromatic N) is 3. The molecule has 0 spiro atoms. The van der Waals surface area contributed by atoms with Crippen LogP contribution in [0.15, 0.2) is 334 Å². The Bertz CT molecular complexity index is 5360. The van der Waals surface area contributed by atoms with Crippen LogP contribution >= 0.6 is 0 Å². The maximum absolute atomic E-state index is 15.5. The molecule has 0 aliphatic carbocycles. The molecule has 556 valence electrons. The van der Waals surface area contributed by atoms with Gasteiger partial charge in [-0.3, -0.25) is 0 Å². The molecule has 21 heteroatoms. The van der Waals surface area contributed by atoms with E-state index in [1.807, 2.05) is 9.80 Å². The van der Waals surface area contributed by atoms with E-state index in [-0.39, 0.29) is 11.3 Å². The zero-order chi connectivity index (χ0) is 78.4. The van der Waals surface area contributed by atoms with Crippen LogP contribution in [0.3, 0.4) is 0 Å². The fourth-order valence-corrected chi connectivity index (χ4v) is 13.2. The van der Waals surface area contributed by atoms with Crippen molar-refractivity contribution in [3.8, 4) is 77.9 Å². The molecule has 0 amide bonds. The molecule has 0 saturated carbocycles. The van der Waals surface area contributed by atoms with Gasteiger partial charge in [-0.1, -0.05) is 170 Å². The van der Waals surface area contributed by atoms with Crippen molar-refractivity contribution in [2.75, 3.05) is 14.7 Å². The predicted octanol–water partition coefficient (Wildman–Crippen LogP) is 29.9. The minimum absolute atomic E-state index is 0.0177. The number of para-hydroxylation sites is 1. The summed E-state index contributed by atoms with van der Waals surface area (Å²) in [7, 11) is 0. The normalized spacial score (nSPS) is 12.2. The van der Waals surface area contributed by atoms with Crippen molar-refractivity contribution in [2.45, 2.75) is 37.1 Å². The summed E-state index contributed by atoms with van der Waals surface area (Å²) in [6.07, 6.45) is -27.8. The molecular weight excluding hydrogens is 1460 g/mol. The summed E-state index contributed by atoms with van der Waals surface area (Å²) in [6.45, 7) is 0. The zero-order valence-electron chi connectivity index (χ0n) is 57.4. The van der Waals surface area contributed by atoms with Crippen molar-refractivity contribution in [1.29, 1.82) is 0 Å². The van der Waals surface area contributed by atoms with Gasteiger partial charge in [0.05, 0.1) is 44.8 Å². The van der Waals surface area contributed by atoms with Gasteiger partial charge in [-0.15, -0.1) is 0 Å². The van der Waals surface area contributed by atoms with Gasteiger partial charge in [0, 0.05) is 50.9 Å². The van der Waals surface area contributed by atoms with Gasteiger partial charge in [0.25, 0.3) is 0 Å². The van der Waals surface area contributed by atoms with Gasteiger partial charge in [0.1, 0.15) is 0 Å². The van der Waals surface area contributed by atoms with Crippen molar-refractivity contribution in [2.24, 2.45) is 0 Å². The number of benzene rings is 14. The van der Waals surface area contributed by atoms with Crippen molar-refractivity contribution in [3.63, 3.8) is 0 Å². The van der Waals surface area contributed by atoms with Crippen LogP contribution in [0.5, 0.6) is 0 Å². The number of hydrogen-bond donors (Lipinski definition) is 0. The van der Waals surface area contributed by atoms with Crippen LogP contribution in [0.25, 0.3) is 77.9 Å². The number of hydrogen-bond acceptors (Lipinski definition) is 3. The first kappa shape index (κ1) is 75.0. The minimum atomic E-state index is -4.91. The molecule has 0 unspecified atom stereocenters. The summed E-state index contributed by atoms with van der Waals surface area (Å²) in [5, 5.41) is 0. The van der Waals surface area contributed by atoms with Gasteiger partial charge in [-0.25, -0.2) is 0 Å². The zero-order valence-corrected chi connectivity index (χ0v) is 57.4. The van der Waals surface area contributed by atoms with Crippen molar-refractivity contribution < 1.29 is 79.0 Å². The molecule has 0 fully saturated rings. The molecule has 3 nitrogen and oxygen atoms in total. The number of anilines is 9. The Morgan fingerprint density at radius 3 is 0.532 bits per heavy atom. The molecule has 14 aromatic rings. The Hall–Kier alpha value is -12.8. The Labute approximate surface area is 624 Å². The summed E-state index contributed by atoms with van der Waals surface area (Å²) in [5.41, 5.74) is 5.66. The van der Waals surface area contributed by atoms with Crippen molar-refractivity contribution >= 4 is 51.2 Å². The van der Waals surface area contributed by atoms with Gasteiger partial charge < -0.3 is 14.7 Å². The summed E-state index contributed by atoms with van der Waals surface area (Å²) in [6, 6.07) is 81.8. The number of alkyl halides is 18. The van der Waals surface area contributed by atoms with Gasteiger partial charge in [-0.2, -0.15) is 79.0 Å².